The summed E-state index contributed by atoms with van der Waals surface area (Å²) >= 11 is 0. The van der Waals surface area contributed by atoms with Crippen molar-refractivity contribution in [1.29, 1.82) is 0 Å². The van der Waals surface area contributed by atoms with E-state index in [9.17, 15) is 13.6 Å². The van der Waals surface area contributed by atoms with E-state index < -0.39 is 17.2 Å². The molecule has 0 amide bonds. The van der Waals surface area contributed by atoms with Gasteiger partial charge in [0.15, 0.2) is 0 Å². The molecule has 0 bridgehead atoms. The van der Waals surface area contributed by atoms with Gasteiger partial charge in [-0.25, -0.2) is 13.8 Å². The van der Waals surface area contributed by atoms with Gasteiger partial charge in [-0.1, -0.05) is 6.07 Å². The van der Waals surface area contributed by atoms with Crippen molar-refractivity contribution in [1.82, 2.24) is 19.4 Å². The van der Waals surface area contributed by atoms with Crippen LogP contribution in [0.2, 0.25) is 0 Å². The molecule has 2 aromatic carbocycles. The summed E-state index contributed by atoms with van der Waals surface area (Å²) < 4.78 is 29.7. The summed E-state index contributed by atoms with van der Waals surface area (Å²) in [5.74, 6) is -1.14. The molecule has 0 spiro atoms. The van der Waals surface area contributed by atoms with Crippen LogP contribution in [0.3, 0.4) is 0 Å². The van der Waals surface area contributed by atoms with Crippen molar-refractivity contribution in [2.24, 2.45) is 0 Å². The first-order chi connectivity index (χ1) is 16.5. The molecule has 7 nitrogen and oxygen atoms in total. The van der Waals surface area contributed by atoms with E-state index in [1.165, 1.54) is 28.8 Å². The maximum absolute atomic E-state index is 14.2. The number of pyridine rings is 1. The lowest BCUT2D eigenvalue weighted by Crippen LogP contribution is -2.44. The molecule has 1 aliphatic heterocycles. The van der Waals surface area contributed by atoms with Gasteiger partial charge in [-0.15, -0.1) is 0 Å². The van der Waals surface area contributed by atoms with Gasteiger partial charge in [0.1, 0.15) is 17.3 Å². The van der Waals surface area contributed by atoms with Crippen LogP contribution in [0.1, 0.15) is 5.56 Å². The Morgan fingerprint density at radius 1 is 0.941 bits per heavy atom. The summed E-state index contributed by atoms with van der Waals surface area (Å²) in [4.78, 5) is 26.0. The molecule has 5 rings (SSSR count). The smallest absolute Gasteiger partial charge is 0.252 e. The van der Waals surface area contributed by atoms with Crippen LogP contribution in [0, 0.1) is 11.6 Å². The highest BCUT2D eigenvalue weighted by atomic mass is 19.1. The average Bonchev–Trinajstić information content (AvgIpc) is 2.84. The van der Waals surface area contributed by atoms with E-state index in [2.05, 4.69) is 32.1 Å². The quantitative estimate of drug-likeness (QED) is 0.489. The Morgan fingerprint density at radius 2 is 1.65 bits per heavy atom. The number of nitrogens with one attached hydrogen (secondary N) is 1. The van der Waals surface area contributed by atoms with Gasteiger partial charge in [0.25, 0.3) is 5.56 Å². The van der Waals surface area contributed by atoms with E-state index in [1.54, 1.807) is 12.3 Å². The molecule has 0 atom stereocenters. The van der Waals surface area contributed by atoms with Crippen LogP contribution in [0.25, 0.3) is 11.0 Å². The average molecular weight is 463 g/mol. The van der Waals surface area contributed by atoms with E-state index in [0.717, 1.165) is 37.6 Å². The summed E-state index contributed by atoms with van der Waals surface area (Å²) in [6.45, 7) is 3.76. The molecule has 1 aliphatic rings. The fourth-order valence-electron chi connectivity index (χ4n) is 4.08. The van der Waals surface area contributed by atoms with E-state index in [0.29, 0.717) is 11.0 Å². The molecule has 2 aromatic heterocycles. The molecule has 1 saturated heterocycles. The molecule has 3 heterocycles. The fraction of sp³-hybridized carbons (Fsp3) is 0.240. The summed E-state index contributed by atoms with van der Waals surface area (Å²) in [5.41, 5.74) is 1.64. The summed E-state index contributed by atoms with van der Waals surface area (Å²) in [6.07, 6.45) is 1.58. The van der Waals surface area contributed by atoms with Crippen molar-refractivity contribution in [2.75, 3.05) is 43.4 Å². The predicted octanol–water partition coefficient (Wildman–Crippen LogP) is 3.61. The zero-order valence-corrected chi connectivity index (χ0v) is 18.7. The zero-order chi connectivity index (χ0) is 23.7. The standard InChI is InChI=1S/C25H24F2N6O/c1-31-11-13-32(14-12-31)19-8-6-18(7-9-19)29-25-28-15-17-5-10-23(34)33(24(17)30-25)16-20-21(26)3-2-4-22(20)27/h2-10,15H,11-14,16H2,1H3,(H,28,29,30). The third-order valence-corrected chi connectivity index (χ3v) is 6.09. The van der Waals surface area contributed by atoms with Crippen LogP contribution in [-0.2, 0) is 6.54 Å². The van der Waals surface area contributed by atoms with Gasteiger partial charge in [-0.05, 0) is 49.5 Å². The largest absolute Gasteiger partial charge is 0.369 e. The van der Waals surface area contributed by atoms with E-state index >= 15 is 0 Å². The highest BCUT2D eigenvalue weighted by molar-refractivity contribution is 5.76. The number of likely N-dealkylation sites (N-methyl/N-ethyl adjacent to an activating group) is 1. The number of halogens is 2. The molecule has 4 aromatic rings. The lowest BCUT2D eigenvalue weighted by atomic mass is 10.2. The fourth-order valence-corrected chi connectivity index (χ4v) is 4.08. The first-order valence-electron chi connectivity index (χ1n) is 11.1. The van der Waals surface area contributed by atoms with E-state index in [1.807, 2.05) is 24.3 Å². The van der Waals surface area contributed by atoms with Crippen molar-refractivity contribution in [3.8, 4) is 0 Å². The Labute approximate surface area is 195 Å². The highest BCUT2D eigenvalue weighted by Crippen LogP contribution is 2.22. The normalized spacial score (nSPS) is 14.5. The lowest BCUT2D eigenvalue weighted by Gasteiger charge is -2.34. The third-order valence-electron chi connectivity index (χ3n) is 6.09. The van der Waals surface area contributed by atoms with Crippen molar-refractivity contribution in [3.63, 3.8) is 0 Å². The Morgan fingerprint density at radius 3 is 2.35 bits per heavy atom. The van der Waals surface area contributed by atoms with Crippen LogP contribution in [0.4, 0.5) is 26.1 Å². The van der Waals surface area contributed by atoms with Crippen molar-refractivity contribution in [2.45, 2.75) is 6.54 Å². The first kappa shape index (κ1) is 22.0. The number of fused-ring (bicyclic) bond motifs is 1. The zero-order valence-electron chi connectivity index (χ0n) is 18.7. The number of piperazine rings is 1. The Kier molecular flexibility index (Phi) is 5.93. The second kappa shape index (κ2) is 9.18. The molecule has 0 saturated carbocycles. The number of hydrogen-bond acceptors (Lipinski definition) is 6. The second-order valence-corrected chi connectivity index (χ2v) is 8.39. The van der Waals surface area contributed by atoms with Crippen LogP contribution in [-0.4, -0.2) is 52.7 Å². The number of aromatic nitrogens is 3. The minimum atomic E-state index is -0.711. The van der Waals surface area contributed by atoms with Crippen LogP contribution in [0.15, 0.2) is 65.6 Å². The Balaban J connectivity index is 1.41. The summed E-state index contributed by atoms with van der Waals surface area (Å²) in [7, 11) is 2.13. The SMILES string of the molecule is CN1CCN(c2ccc(Nc3ncc4ccc(=O)n(Cc5c(F)cccc5F)c4n3)cc2)CC1. The van der Waals surface area contributed by atoms with Crippen LogP contribution < -0.4 is 15.8 Å². The molecule has 1 fully saturated rings. The molecule has 0 radical (unpaired) electrons. The molecule has 174 valence electrons. The van der Waals surface area contributed by atoms with E-state index in [-0.39, 0.29) is 18.1 Å². The van der Waals surface area contributed by atoms with Gasteiger partial charge in [0.2, 0.25) is 5.95 Å². The van der Waals surface area contributed by atoms with Gasteiger partial charge in [0, 0.05) is 60.8 Å². The molecule has 9 heteroatoms. The van der Waals surface area contributed by atoms with Gasteiger partial charge >= 0.3 is 0 Å². The minimum Gasteiger partial charge on any atom is -0.369 e. The van der Waals surface area contributed by atoms with Crippen molar-refractivity contribution in [3.05, 3.63) is 88.3 Å². The Hall–Kier alpha value is -3.85. The number of anilines is 3. The summed E-state index contributed by atoms with van der Waals surface area (Å²) in [6, 6.07) is 14.6. The number of nitrogens with zero attached hydrogens (tertiary/aromatic N) is 5. The second-order valence-electron chi connectivity index (χ2n) is 8.39. The molecule has 34 heavy (non-hydrogen) atoms. The first-order valence-corrected chi connectivity index (χ1v) is 11.1. The molecular weight excluding hydrogens is 438 g/mol. The predicted molar refractivity (Wildman–Crippen MR) is 129 cm³/mol. The number of rotatable bonds is 5. The van der Waals surface area contributed by atoms with Gasteiger partial charge < -0.3 is 15.1 Å². The number of hydrogen-bond donors (Lipinski definition) is 1. The monoisotopic (exact) mass is 462 g/mol. The van der Waals surface area contributed by atoms with Crippen LogP contribution in [0.5, 0.6) is 0 Å². The Bertz CT molecular complexity index is 1360. The van der Waals surface area contributed by atoms with Gasteiger partial charge in [-0.2, -0.15) is 4.98 Å². The topological polar surface area (TPSA) is 66.3 Å². The van der Waals surface area contributed by atoms with Crippen molar-refractivity contribution < 1.29 is 8.78 Å². The summed E-state index contributed by atoms with van der Waals surface area (Å²) in [5, 5.41) is 3.74. The van der Waals surface area contributed by atoms with Gasteiger partial charge in [0.05, 0.1) is 6.54 Å². The van der Waals surface area contributed by atoms with E-state index in [4.69, 9.17) is 0 Å². The highest BCUT2D eigenvalue weighted by Gasteiger charge is 2.15. The molecule has 1 N–H and O–H groups in total. The maximum atomic E-state index is 14.2. The van der Waals surface area contributed by atoms with Gasteiger partial charge in [-0.3, -0.25) is 9.36 Å². The minimum absolute atomic E-state index is 0.190. The van der Waals surface area contributed by atoms with Crippen LogP contribution >= 0.6 is 0 Å². The third kappa shape index (κ3) is 4.47. The lowest BCUT2D eigenvalue weighted by molar-refractivity contribution is 0.313. The molecule has 0 unspecified atom stereocenters. The number of benzene rings is 2. The molecular formula is C25H24F2N6O. The maximum Gasteiger partial charge on any atom is 0.252 e. The van der Waals surface area contributed by atoms with Crippen molar-refractivity contribution >= 4 is 28.4 Å². The molecule has 0 aliphatic carbocycles.